The number of hydrogen-bond donors (Lipinski definition) is 1. The maximum Gasteiger partial charge on any atom is 0.312 e. The van der Waals surface area contributed by atoms with Gasteiger partial charge in [0, 0.05) is 12.3 Å². The van der Waals surface area contributed by atoms with Crippen LogP contribution in [0.2, 0.25) is 0 Å². The SMILES string of the molecule is CC1(C(=O)O)CS[C@@H]2CC(=O)N2C1.Cl. The molecule has 2 aliphatic rings. The number of amides is 1. The highest BCUT2D eigenvalue weighted by molar-refractivity contribution is 8.00. The first kappa shape index (κ1) is 11.7. The topological polar surface area (TPSA) is 57.6 Å². The Kier molecular flexibility index (Phi) is 3.02. The number of carbonyl (C=O) groups is 2. The molecule has 2 aliphatic heterocycles. The molecule has 2 rings (SSSR count). The van der Waals surface area contributed by atoms with Crippen LogP contribution in [-0.4, -0.2) is 39.6 Å². The number of carboxylic acids is 1. The van der Waals surface area contributed by atoms with Crippen molar-refractivity contribution in [2.45, 2.75) is 18.7 Å². The van der Waals surface area contributed by atoms with E-state index in [1.54, 1.807) is 23.6 Å². The predicted octanol–water partition coefficient (Wildman–Crippen LogP) is 0.804. The van der Waals surface area contributed by atoms with Crippen molar-refractivity contribution in [3.05, 3.63) is 0 Å². The maximum absolute atomic E-state index is 11.1. The quantitative estimate of drug-likeness (QED) is 0.686. The van der Waals surface area contributed by atoms with Crippen LogP contribution in [0.5, 0.6) is 0 Å². The molecule has 0 aliphatic carbocycles. The molecule has 0 aromatic rings. The Hall–Kier alpha value is -0.420. The highest BCUT2D eigenvalue weighted by Crippen LogP contribution is 2.41. The van der Waals surface area contributed by atoms with Crippen molar-refractivity contribution in [1.29, 1.82) is 0 Å². The monoisotopic (exact) mass is 237 g/mol. The van der Waals surface area contributed by atoms with Crippen molar-refractivity contribution in [2.75, 3.05) is 12.3 Å². The van der Waals surface area contributed by atoms with Gasteiger partial charge in [-0.05, 0) is 6.92 Å². The number of thioether (sulfide) groups is 1. The fourth-order valence-corrected chi connectivity index (χ4v) is 3.00. The van der Waals surface area contributed by atoms with Gasteiger partial charge in [-0.25, -0.2) is 0 Å². The average Bonchev–Trinajstić information content (AvgIpc) is 2.07. The molecule has 0 radical (unpaired) electrons. The van der Waals surface area contributed by atoms with Crippen LogP contribution in [-0.2, 0) is 9.59 Å². The number of carbonyl (C=O) groups excluding carboxylic acids is 1. The van der Waals surface area contributed by atoms with Crippen molar-refractivity contribution in [1.82, 2.24) is 4.90 Å². The van der Waals surface area contributed by atoms with E-state index in [1.165, 1.54) is 0 Å². The lowest BCUT2D eigenvalue weighted by Crippen LogP contribution is -2.60. The molecule has 80 valence electrons. The Morgan fingerprint density at radius 3 is 2.86 bits per heavy atom. The Balaban J connectivity index is 0.000000980. The van der Waals surface area contributed by atoms with Crippen molar-refractivity contribution in [2.24, 2.45) is 5.41 Å². The van der Waals surface area contributed by atoms with Crippen LogP contribution in [0.1, 0.15) is 13.3 Å². The number of rotatable bonds is 1. The summed E-state index contributed by atoms with van der Waals surface area (Å²) in [6.45, 7) is 2.07. The molecule has 2 saturated heterocycles. The highest BCUT2D eigenvalue weighted by atomic mass is 35.5. The molecular weight excluding hydrogens is 226 g/mol. The summed E-state index contributed by atoms with van der Waals surface area (Å²) in [5.41, 5.74) is -0.753. The van der Waals surface area contributed by atoms with Crippen LogP contribution in [0.25, 0.3) is 0 Å². The van der Waals surface area contributed by atoms with Crippen molar-refractivity contribution in [3.8, 4) is 0 Å². The fourth-order valence-electron chi connectivity index (χ4n) is 1.59. The van der Waals surface area contributed by atoms with E-state index < -0.39 is 11.4 Å². The second-order valence-corrected chi connectivity index (χ2v) is 5.02. The smallest absolute Gasteiger partial charge is 0.312 e. The normalized spacial score (nSPS) is 35.4. The number of nitrogens with zero attached hydrogens (tertiary/aromatic N) is 1. The minimum atomic E-state index is -0.807. The summed E-state index contributed by atoms with van der Waals surface area (Å²) >= 11 is 1.58. The van der Waals surface area contributed by atoms with Gasteiger partial charge in [-0.15, -0.1) is 24.2 Å². The first-order valence-corrected chi connectivity index (χ1v) is 5.22. The second-order valence-electron chi connectivity index (χ2n) is 3.86. The summed E-state index contributed by atoms with van der Waals surface area (Å²) in [6.07, 6.45) is 0.584. The van der Waals surface area contributed by atoms with Gasteiger partial charge in [-0.2, -0.15) is 0 Å². The summed E-state index contributed by atoms with van der Waals surface area (Å²) in [5, 5.41) is 9.21. The summed E-state index contributed by atoms with van der Waals surface area (Å²) < 4.78 is 0. The maximum atomic E-state index is 11.1. The first-order valence-electron chi connectivity index (χ1n) is 4.17. The van der Waals surface area contributed by atoms with E-state index in [0.717, 1.165) is 0 Å². The van der Waals surface area contributed by atoms with E-state index in [-0.39, 0.29) is 23.7 Å². The van der Waals surface area contributed by atoms with Gasteiger partial charge < -0.3 is 10.0 Å². The lowest BCUT2D eigenvalue weighted by molar-refractivity contribution is -0.154. The van der Waals surface area contributed by atoms with Gasteiger partial charge in [-0.1, -0.05) is 0 Å². The lowest BCUT2D eigenvalue weighted by Gasteiger charge is -2.48. The molecule has 14 heavy (non-hydrogen) atoms. The summed E-state index contributed by atoms with van der Waals surface area (Å²) in [7, 11) is 0. The third-order valence-corrected chi connectivity index (χ3v) is 4.26. The third kappa shape index (κ3) is 1.59. The molecular formula is C8H12ClNO3S. The van der Waals surface area contributed by atoms with Crippen molar-refractivity contribution >= 4 is 36.0 Å². The molecule has 6 heteroatoms. The number of hydrogen-bond acceptors (Lipinski definition) is 3. The minimum Gasteiger partial charge on any atom is -0.481 e. The number of aliphatic carboxylic acids is 1. The molecule has 0 bridgehead atoms. The van der Waals surface area contributed by atoms with Gasteiger partial charge >= 0.3 is 5.97 Å². The number of β-lactam (4-membered cyclic amide) rings is 1. The Morgan fingerprint density at radius 1 is 1.71 bits per heavy atom. The van der Waals surface area contributed by atoms with E-state index >= 15 is 0 Å². The Labute approximate surface area is 92.4 Å². The Morgan fingerprint density at radius 2 is 2.36 bits per heavy atom. The molecule has 1 amide bonds. The van der Waals surface area contributed by atoms with Crippen LogP contribution in [0.15, 0.2) is 0 Å². The number of halogens is 1. The molecule has 4 nitrogen and oxygen atoms in total. The lowest BCUT2D eigenvalue weighted by atomic mass is 9.91. The third-order valence-electron chi connectivity index (χ3n) is 2.65. The van der Waals surface area contributed by atoms with Gasteiger partial charge in [-0.3, -0.25) is 9.59 Å². The van der Waals surface area contributed by atoms with E-state index in [1.807, 2.05) is 0 Å². The molecule has 1 unspecified atom stereocenters. The molecule has 0 saturated carbocycles. The molecule has 2 fully saturated rings. The van der Waals surface area contributed by atoms with Crippen LogP contribution >= 0.6 is 24.2 Å². The number of carboxylic acid groups (broad SMARTS) is 1. The average molecular weight is 238 g/mol. The van der Waals surface area contributed by atoms with E-state index in [0.29, 0.717) is 18.7 Å². The molecule has 0 aromatic heterocycles. The van der Waals surface area contributed by atoms with Crippen LogP contribution in [0, 0.1) is 5.41 Å². The zero-order chi connectivity index (χ0) is 9.64. The summed E-state index contributed by atoms with van der Waals surface area (Å²) in [4.78, 5) is 23.7. The zero-order valence-corrected chi connectivity index (χ0v) is 9.36. The van der Waals surface area contributed by atoms with Crippen molar-refractivity contribution in [3.63, 3.8) is 0 Å². The van der Waals surface area contributed by atoms with Crippen LogP contribution < -0.4 is 0 Å². The standard InChI is InChI=1S/C8H11NO3S.ClH/c1-8(7(11)12)3-9-5(10)2-6(9)13-4-8;/h6H,2-4H2,1H3,(H,11,12);1H/t6-,8?;/m1./s1. The largest absolute Gasteiger partial charge is 0.481 e. The first-order chi connectivity index (χ1) is 6.03. The molecule has 2 atom stereocenters. The van der Waals surface area contributed by atoms with Gasteiger partial charge in [0.2, 0.25) is 5.91 Å². The molecule has 0 aromatic carbocycles. The Bertz CT molecular complexity index is 286. The van der Waals surface area contributed by atoms with Gasteiger partial charge in [0.05, 0.1) is 17.2 Å². The van der Waals surface area contributed by atoms with E-state index in [2.05, 4.69) is 0 Å². The molecule has 1 N–H and O–H groups in total. The van der Waals surface area contributed by atoms with Gasteiger partial charge in [0.1, 0.15) is 0 Å². The van der Waals surface area contributed by atoms with Crippen LogP contribution in [0.4, 0.5) is 0 Å². The molecule has 2 heterocycles. The van der Waals surface area contributed by atoms with Crippen LogP contribution in [0.3, 0.4) is 0 Å². The predicted molar refractivity (Wildman–Crippen MR) is 55.6 cm³/mol. The van der Waals surface area contributed by atoms with Crippen molar-refractivity contribution < 1.29 is 14.7 Å². The van der Waals surface area contributed by atoms with E-state index in [4.69, 9.17) is 5.11 Å². The minimum absolute atomic E-state index is 0. The number of fused-ring (bicyclic) bond motifs is 1. The fraction of sp³-hybridized carbons (Fsp3) is 0.750. The van der Waals surface area contributed by atoms with Gasteiger partial charge in [0.25, 0.3) is 0 Å². The van der Waals surface area contributed by atoms with Gasteiger partial charge in [0.15, 0.2) is 0 Å². The second kappa shape index (κ2) is 3.62. The summed E-state index contributed by atoms with van der Waals surface area (Å²) in [5.74, 6) is -0.112. The summed E-state index contributed by atoms with van der Waals surface area (Å²) in [6, 6.07) is 0. The highest BCUT2D eigenvalue weighted by Gasteiger charge is 2.49. The molecule has 0 spiro atoms. The zero-order valence-electron chi connectivity index (χ0n) is 7.73. The van der Waals surface area contributed by atoms with E-state index in [9.17, 15) is 9.59 Å².